The normalized spacial score (nSPS) is 17.6. The molecule has 0 bridgehead atoms. The number of nitrogens with zero attached hydrogens (tertiary/aromatic N) is 1. The van der Waals surface area contributed by atoms with Crippen molar-refractivity contribution in [3.63, 3.8) is 0 Å². The zero-order valence-electron chi connectivity index (χ0n) is 8.39. The molecule has 4 heteroatoms. The number of nitro groups is 1. The molecule has 1 saturated heterocycles. The quantitative estimate of drug-likeness (QED) is 0.553. The average molecular weight is 207 g/mol. The van der Waals surface area contributed by atoms with Crippen LogP contribution in [0.1, 0.15) is 24.3 Å². The van der Waals surface area contributed by atoms with Gasteiger partial charge in [-0.1, -0.05) is 12.1 Å². The van der Waals surface area contributed by atoms with Gasteiger partial charge in [0.25, 0.3) is 5.69 Å². The number of hydrogen-bond acceptors (Lipinski definition) is 3. The summed E-state index contributed by atoms with van der Waals surface area (Å²) in [6.45, 7) is 1.59. The predicted octanol–water partition coefficient (Wildman–Crippen LogP) is 2.49. The minimum absolute atomic E-state index is 0.158. The zero-order valence-corrected chi connectivity index (χ0v) is 8.39. The minimum atomic E-state index is -0.367. The molecule has 15 heavy (non-hydrogen) atoms. The molecule has 0 saturated carbocycles. The molecule has 1 aliphatic rings. The first-order chi connectivity index (χ1) is 7.27. The van der Waals surface area contributed by atoms with Gasteiger partial charge in [-0.3, -0.25) is 10.1 Å². The largest absolute Gasteiger partial charge is 0.381 e. The van der Waals surface area contributed by atoms with Crippen molar-refractivity contribution in [1.29, 1.82) is 0 Å². The first kappa shape index (κ1) is 10.1. The van der Waals surface area contributed by atoms with Crippen LogP contribution in [0.5, 0.6) is 0 Å². The van der Waals surface area contributed by atoms with Crippen molar-refractivity contribution < 1.29 is 9.66 Å². The standard InChI is InChI=1S/C11H13NO3/c13-12(14)11-3-1-9(2-4-11)10-5-7-15-8-6-10/h1-4,10H,5-8H2. The summed E-state index contributed by atoms with van der Waals surface area (Å²) < 4.78 is 5.27. The van der Waals surface area contributed by atoms with Crippen LogP contribution in [-0.4, -0.2) is 18.1 Å². The topological polar surface area (TPSA) is 52.4 Å². The van der Waals surface area contributed by atoms with Gasteiger partial charge in [0.2, 0.25) is 0 Å². The van der Waals surface area contributed by atoms with Gasteiger partial charge in [0, 0.05) is 25.3 Å². The lowest BCUT2D eigenvalue weighted by Crippen LogP contribution is -2.13. The third-order valence-corrected chi connectivity index (χ3v) is 2.80. The Morgan fingerprint density at radius 1 is 1.20 bits per heavy atom. The molecule has 80 valence electrons. The highest BCUT2D eigenvalue weighted by atomic mass is 16.6. The molecule has 0 radical (unpaired) electrons. The van der Waals surface area contributed by atoms with Crippen molar-refractivity contribution in [2.45, 2.75) is 18.8 Å². The second-order valence-electron chi connectivity index (χ2n) is 3.74. The highest BCUT2D eigenvalue weighted by molar-refractivity contribution is 5.34. The second-order valence-corrected chi connectivity index (χ2v) is 3.74. The molecular weight excluding hydrogens is 194 g/mol. The first-order valence-electron chi connectivity index (χ1n) is 5.09. The fraction of sp³-hybridized carbons (Fsp3) is 0.455. The van der Waals surface area contributed by atoms with Gasteiger partial charge < -0.3 is 4.74 Å². The third kappa shape index (κ3) is 2.33. The monoisotopic (exact) mass is 207 g/mol. The van der Waals surface area contributed by atoms with Gasteiger partial charge in [0.05, 0.1) is 4.92 Å². The summed E-state index contributed by atoms with van der Waals surface area (Å²) in [7, 11) is 0. The van der Waals surface area contributed by atoms with Gasteiger partial charge in [-0.05, 0) is 24.3 Å². The Hall–Kier alpha value is -1.42. The van der Waals surface area contributed by atoms with Crippen LogP contribution in [0.25, 0.3) is 0 Å². The van der Waals surface area contributed by atoms with Crippen LogP contribution in [0.2, 0.25) is 0 Å². The highest BCUT2D eigenvalue weighted by Gasteiger charge is 2.16. The van der Waals surface area contributed by atoms with Crippen molar-refractivity contribution in [3.05, 3.63) is 39.9 Å². The van der Waals surface area contributed by atoms with Crippen LogP contribution < -0.4 is 0 Å². The Balaban J connectivity index is 2.11. The molecular formula is C11H13NO3. The van der Waals surface area contributed by atoms with Gasteiger partial charge >= 0.3 is 0 Å². The maximum Gasteiger partial charge on any atom is 0.269 e. The fourth-order valence-electron chi connectivity index (χ4n) is 1.90. The number of non-ortho nitro benzene ring substituents is 1. The van der Waals surface area contributed by atoms with Gasteiger partial charge in [0.1, 0.15) is 0 Å². The number of rotatable bonds is 2. The van der Waals surface area contributed by atoms with E-state index in [1.165, 1.54) is 5.56 Å². The molecule has 0 aliphatic carbocycles. The Bertz CT molecular complexity index is 341. The van der Waals surface area contributed by atoms with E-state index in [9.17, 15) is 10.1 Å². The van der Waals surface area contributed by atoms with E-state index in [0.29, 0.717) is 5.92 Å². The third-order valence-electron chi connectivity index (χ3n) is 2.80. The number of ether oxygens (including phenoxy) is 1. The van der Waals surface area contributed by atoms with Gasteiger partial charge in [0.15, 0.2) is 0 Å². The summed E-state index contributed by atoms with van der Waals surface area (Å²) in [5.74, 6) is 0.500. The Labute approximate surface area is 88.0 Å². The molecule has 0 amide bonds. The number of benzene rings is 1. The summed E-state index contributed by atoms with van der Waals surface area (Å²) in [5, 5.41) is 10.5. The summed E-state index contributed by atoms with van der Waals surface area (Å²) in [5.41, 5.74) is 1.34. The maximum atomic E-state index is 10.5. The Morgan fingerprint density at radius 2 is 1.80 bits per heavy atom. The van der Waals surface area contributed by atoms with Crippen molar-refractivity contribution in [2.24, 2.45) is 0 Å². The van der Waals surface area contributed by atoms with Crippen LogP contribution in [0.4, 0.5) is 5.69 Å². The van der Waals surface area contributed by atoms with E-state index in [1.54, 1.807) is 12.1 Å². The van der Waals surface area contributed by atoms with Gasteiger partial charge in [-0.2, -0.15) is 0 Å². The fourth-order valence-corrected chi connectivity index (χ4v) is 1.90. The smallest absolute Gasteiger partial charge is 0.269 e. The minimum Gasteiger partial charge on any atom is -0.381 e. The van der Waals surface area contributed by atoms with E-state index in [1.807, 2.05) is 12.1 Å². The summed E-state index contributed by atoms with van der Waals surface area (Å²) in [4.78, 5) is 10.1. The number of nitro benzene ring substituents is 1. The molecule has 1 fully saturated rings. The van der Waals surface area contributed by atoms with E-state index in [4.69, 9.17) is 4.74 Å². The van der Waals surface area contributed by atoms with Crippen LogP contribution >= 0.6 is 0 Å². The van der Waals surface area contributed by atoms with E-state index >= 15 is 0 Å². The predicted molar refractivity (Wildman–Crippen MR) is 55.9 cm³/mol. The molecule has 1 aliphatic heterocycles. The molecule has 0 aromatic heterocycles. The lowest BCUT2D eigenvalue weighted by atomic mass is 9.92. The van der Waals surface area contributed by atoms with E-state index in [-0.39, 0.29) is 10.6 Å². The molecule has 0 spiro atoms. The molecule has 0 atom stereocenters. The van der Waals surface area contributed by atoms with Crippen LogP contribution in [-0.2, 0) is 4.74 Å². The van der Waals surface area contributed by atoms with E-state index < -0.39 is 0 Å². The SMILES string of the molecule is O=[N+]([O-])c1ccc(C2CCOCC2)cc1. The lowest BCUT2D eigenvalue weighted by Gasteiger charge is -2.22. The highest BCUT2D eigenvalue weighted by Crippen LogP contribution is 2.27. The van der Waals surface area contributed by atoms with Crippen LogP contribution in [0.3, 0.4) is 0 Å². The summed E-state index contributed by atoms with van der Waals surface area (Å²) >= 11 is 0. The summed E-state index contributed by atoms with van der Waals surface area (Å²) in [6, 6.07) is 6.86. The van der Waals surface area contributed by atoms with Crippen molar-refractivity contribution in [2.75, 3.05) is 13.2 Å². The zero-order chi connectivity index (χ0) is 10.7. The average Bonchev–Trinajstić information content (AvgIpc) is 2.30. The molecule has 4 nitrogen and oxygen atoms in total. The van der Waals surface area contributed by atoms with E-state index in [0.717, 1.165) is 26.1 Å². The van der Waals surface area contributed by atoms with Gasteiger partial charge in [-0.15, -0.1) is 0 Å². The Morgan fingerprint density at radius 3 is 2.33 bits per heavy atom. The molecule has 0 N–H and O–H groups in total. The van der Waals surface area contributed by atoms with Crippen molar-refractivity contribution >= 4 is 5.69 Å². The molecule has 1 aromatic carbocycles. The maximum absolute atomic E-state index is 10.5. The lowest BCUT2D eigenvalue weighted by molar-refractivity contribution is -0.384. The van der Waals surface area contributed by atoms with Crippen molar-refractivity contribution in [3.8, 4) is 0 Å². The molecule has 2 rings (SSSR count). The first-order valence-corrected chi connectivity index (χ1v) is 5.09. The van der Waals surface area contributed by atoms with Gasteiger partial charge in [-0.25, -0.2) is 0 Å². The van der Waals surface area contributed by atoms with E-state index in [2.05, 4.69) is 0 Å². The Kier molecular flexibility index (Phi) is 2.97. The second kappa shape index (κ2) is 4.40. The van der Waals surface area contributed by atoms with Crippen LogP contribution in [0.15, 0.2) is 24.3 Å². The number of hydrogen-bond donors (Lipinski definition) is 0. The molecule has 1 aromatic rings. The van der Waals surface area contributed by atoms with Crippen molar-refractivity contribution in [1.82, 2.24) is 0 Å². The summed E-state index contributed by atoms with van der Waals surface area (Å²) in [6.07, 6.45) is 2.02. The van der Waals surface area contributed by atoms with Crippen LogP contribution in [0, 0.1) is 10.1 Å². The molecule has 0 unspecified atom stereocenters. The molecule has 1 heterocycles.